The number of rotatable bonds is 9. The van der Waals surface area contributed by atoms with Crippen molar-refractivity contribution in [3.8, 4) is 17.0 Å². The van der Waals surface area contributed by atoms with E-state index < -0.39 is 8.32 Å². The van der Waals surface area contributed by atoms with Gasteiger partial charge in [-0.15, -0.1) is 0 Å². The van der Waals surface area contributed by atoms with Gasteiger partial charge in [0.15, 0.2) is 14.0 Å². The average Bonchev–Trinajstić information content (AvgIpc) is 3.31. The van der Waals surface area contributed by atoms with Crippen LogP contribution in [-0.2, 0) is 9.16 Å². The molecule has 3 heterocycles. The molecule has 0 bridgehead atoms. The van der Waals surface area contributed by atoms with E-state index in [0.717, 1.165) is 54.0 Å². The Morgan fingerprint density at radius 3 is 2.29 bits per heavy atom. The Hall–Kier alpha value is -2.13. The van der Waals surface area contributed by atoms with Crippen molar-refractivity contribution >= 4 is 36.6 Å². The number of pyridine rings is 1. The first-order chi connectivity index (χ1) is 19.5. The van der Waals surface area contributed by atoms with Gasteiger partial charge in [0.2, 0.25) is 0 Å². The minimum atomic E-state index is -2.00. The van der Waals surface area contributed by atoms with Crippen molar-refractivity contribution in [3.63, 3.8) is 0 Å². The van der Waals surface area contributed by atoms with Gasteiger partial charge in [0.1, 0.15) is 11.9 Å². The summed E-state index contributed by atoms with van der Waals surface area (Å²) in [5, 5.41) is 10.2. The fraction of sp³-hybridized carbons (Fsp3) is 0.636. The van der Waals surface area contributed by atoms with Crippen molar-refractivity contribution in [2.24, 2.45) is 5.41 Å². The van der Waals surface area contributed by atoms with Gasteiger partial charge in [0.05, 0.1) is 23.4 Å². The van der Waals surface area contributed by atoms with Crippen molar-refractivity contribution < 1.29 is 13.9 Å². The van der Waals surface area contributed by atoms with Crippen LogP contribution in [0.4, 0.5) is 5.69 Å². The van der Waals surface area contributed by atoms with Crippen LogP contribution in [-0.4, -0.2) is 54.5 Å². The number of nitrogens with one attached hydrogen (secondary N) is 1. The van der Waals surface area contributed by atoms with Crippen molar-refractivity contribution in [1.82, 2.24) is 14.8 Å². The predicted molar refractivity (Wildman–Crippen MR) is 177 cm³/mol. The molecule has 0 amide bonds. The third kappa shape index (κ3) is 7.49. The van der Waals surface area contributed by atoms with Gasteiger partial charge < -0.3 is 19.2 Å². The molecule has 1 N–H and O–H groups in total. The average molecular weight is 615 g/mol. The maximum Gasteiger partial charge on any atom is 0.192 e. The number of halogens is 1. The minimum Gasteiger partial charge on any atom is -0.487 e. The molecule has 0 aliphatic carbocycles. The SMILES string of the molecule is CC(O[Si](C)(C)C(C)(C)C)C(Oc1cc(Cl)cc(-c2cc(NC3CCOCC3)c3cnn(C(C)C)c3n2)c1)C(C)(C)C. The molecule has 3 aromatic rings. The zero-order valence-corrected chi connectivity index (χ0v) is 29.2. The topological polar surface area (TPSA) is 70.4 Å². The van der Waals surface area contributed by atoms with E-state index in [4.69, 9.17) is 30.5 Å². The molecular weight excluding hydrogens is 564 g/mol. The number of fused-ring (bicyclic) bond motifs is 1. The van der Waals surface area contributed by atoms with Crippen molar-refractivity contribution in [3.05, 3.63) is 35.5 Å². The van der Waals surface area contributed by atoms with Gasteiger partial charge in [0.25, 0.3) is 0 Å². The molecular formula is C33H51ClN4O3Si. The second kappa shape index (κ2) is 12.5. The van der Waals surface area contributed by atoms with Gasteiger partial charge in [-0.3, -0.25) is 0 Å². The maximum absolute atomic E-state index is 6.81. The molecule has 2 aromatic heterocycles. The summed E-state index contributed by atoms with van der Waals surface area (Å²) in [6.07, 6.45) is 3.57. The smallest absolute Gasteiger partial charge is 0.192 e. The lowest BCUT2D eigenvalue weighted by Gasteiger charge is -2.43. The molecule has 2 atom stereocenters. The van der Waals surface area contributed by atoms with E-state index in [0.29, 0.717) is 16.8 Å². The number of hydrogen-bond donors (Lipinski definition) is 1. The molecule has 1 aliphatic rings. The molecule has 0 radical (unpaired) electrons. The minimum absolute atomic E-state index is 0.0986. The molecule has 1 saturated heterocycles. The highest BCUT2D eigenvalue weighted by Crippen LogP contribution is 2.40. The quantitative estimate of drug-likeness (QED) is 0.242. The molecule has 7 nitrogen and oxygen atoms in total. The van der Waals surface area contributed by atoms with Crippen LogP contribution < -0.4 is 10.1 Å². The van der Waals surface area contributed by atoms with Gasteiger partial charge >= 0.3 is 0 Å². The Morgan fingerprint density at radius 1 is 1.02 bits per heavy atom. The molecule has 2 unspecified atom stereocenters. The van der Waals surface area contributed by atoms with E-state index in [1.165, 1.54) is 0 Å². The molecule has 1 fully saturated rings. The third-order valence-electron chi connectivity index (χ3n) is 8.63. The number of anilines is 1. The zero-order valence-electron chi connectivity index (χ0n) is 27.5. The lowest BCUT2D eigenvalue weighted by atomic mass is 9.86. The summed E-state index contributed by atoms with van der Waals surface area (Å²) in [6.45, 7) is 25.9. The van der Waals surface area contributed by atoms with Gasteiger partial charge in [-0.2, -0.15) is 5.10 Å². The zero-order chi connectivity index (χ0) is 31.0. The maximum atomic E-state index is 6.81. The summed E-state index contributed by atoms with van der Waals surface area (Å²) < 4.78 is 21.1. The second-order valence-electron chi connectivity index (χ2n) is 14.7. The summed E-state index contributed by atoms with van der Waals surface area (Å²) in [7, 11) is -2.00. The molecule has 42 heavy (non-hydrogen) atoms. The van der Waals surface area contributed by atoms with Crippen LogP contribution in [0, 0.1) is 5.41 Å². The van der Waals surface area contributed by atoms with E-state index in [2.05, 4.69) is 91.9 Å². The number of aromatic nitrogens is 3. The molecule has 4 rings (SSSR count). The van der Waals surface area contributed by atoms with Crippen molar-refractivity contribution in [2.75, 3.05) is 18.5 Å². The predicted octanol–water partition coefficient (Wildman–Crippen LogP) is 9.13. The van der Waals surface area contributed by atoms with E-state index in [-0.39, 0.29) is 28.7 Å². The molecule has 0 spiro atoms. The molecule has 1 aromatic carbocycles. The van der Waals surface area contributed by atoms with Gasteiger partial charge in [-0.25, -0.2) is 9.67 Å². The number of ether oxygens (including phenoxy) is 2. The van der Waals surface area contributed by atoms with Crippen LogP contribution in [0.5, 0.6) is 5.75 Å². The first-order valence-electron chi connectivity index (χ1n) is 15.3. The highest BCUT2D eigenvalue weighted by atomic mass is 35.5. The molecule has 9 heteroatoms. The van der Waals surface area contributed by atoms with Crippen molar-refractivity contribution in [1.29, 1.82) is 0 Å². The summed E-state index contributed by atoms with van der Waals surface area (Å²) in [6, 6.07) is 8.53. The van der Waals surface area contributed by atoms with Crippen molar-refractivity contribution in [2.45, 2.75) is 118 Å². The second-order valence-corrected chi connectivity index (χ2v) is 19.9. The van der Waals surface area contributed by atoms with Gasteiger partial charge in [-0.05, 0) is 76.0 Å². The van der Waals surface area contributed by atoms with Crippen LogP contribution in [0.1, 0.15) is 81.2 Å². The monoisotopic (exact) mass is 614 g/mol. The molecule has 232 valence electrons. The summed E-state index contributed by atoms with van der Waals surface area (Å²) in [5.41, 5.74) is 3.44. The summed E-state index contributed by atoms with van der Waals surface area (Å²) >= 11 is 6.74. The Morgan fingerprint density at radius 2 is 1.69 bits per heavy atom. The van der Waals surface area contributed by atoms with Crippen LogP contribution in [0.3, 0.4) is 0 Å². The van der Waals surface area contributed by atoms with E-state index >= 15 is 0 Å². The van der Waals surface area contributed by atoms with Crippen LogP contribution >= 0.6 is 11.6 Å². The van der Waals surface area contributed by atoms with Crippen LogP contribution in [0.25, 0.3) is 22.3 Å². The fourth-order valence-corrected chi connectivity index (χ4v) is 6.96. The number of nitrogens with zero attached hydrogens (tertiary/aromatic N) is 3. The normalized spacial score (nSPS) is 17.1. The number of hydrogen-bond acceptors (Lipinski definition) is 6. The number of benzene rings is 1. The fourth-order valence-electron chi connectivity index (χ4n) is 5.33. The Balaban J connectivity index is 1.72. The Kier molecular flexibility index (Phi) is 9.73. The third-order valence-corrected chi connectivity index (χ3v) is 13.4. The van der Waals surface area contributed by atoms with E-state index in [1.807, 2.05) is 29.1 Å². The summed E-state index contributed by atoms with van der Waals surface area (Å²) in [5.74, 6) is 0.710. The Bertz CT molecular complexity index is 1370. The van der Waals surface area contributed by atoms with Crippen LogP contribution in [0.15, 0.2) is 30.5 Å². The van der Waals surface area contributed by atoms with Gasteiger partial charge in [0, 0.05) is 47.0 Å². The molecule has 1 aliphatic heterocycles. The largest absolute Gasteiger partial charge is 0.487 e. The van der Waals surface area contributed by atoms with Crippen LogP contribution in [0.2, 0.25) is 23.2 Å². The first-order valence-corrected chi connectivity index (χ1v) is 18.6. The molecule has 0 saturated carbocycles. The highest BCUT2D eigenvalue weighted by molar-refractivity contribution is 6.74. The van der Waals surface area contributed by atoms with E-state index in [9.17, 15) is 0 Å². The highest BCUT2D eigenvalue weighted by Gasteiger charge is 2.42. The first kappa shape index (κ1) is 32.8. The summed E-state index contributed by atoms with van der Waals surface area (Å²) in [4.78, 5) is 5.10. The lowest BCUT2D eigenvalue weighted by molar-refractivity contribution is -0.0110. The lowest BCUT2D eigenvalue weighted by Crippen LogP contribution is -2.50. The Labute approximate surface area is 258 Å². The standard InChI is InChI=1S/C33H51ClN4O3Si/c1-21(2)38-31-27(20-35-38)29(36-25-12-14-39-15-13-25)19-28(37-31)23-16-24(34)18-26(17-23)40-30(32(4,5)6)22(3)41-42(10,11)33(7,8)9/h16-22,25,30H,12-15H2,1-11H3,(H,36,37). The van der Waals surface area contributed by atoms with Gasteiger partial charge in [-0.1, -0.05) is 53.1 Å². The van der Waals surface area contributed by atoms with E-state index in [1.54, 1.807) is 0 Å².